The van der Waals surface area contributed by atoms with Gasteiger partial charge in [-0.1, -0.05) is 44.2 Å². The van der Waals surface area contributed by atoms with Gasteiger partial charge in [-0.3, -0.25) is 14.6 Å². The van der Waals surface area contributed by atoms with Crippen molar-refractivity contribution in [1.82, 2.24) is 15.1 Å². The maximum atomic E-state index is 12.7. The summed E-state index contributed by atoms with van der Waals surface area (Å²) in [6.07, 6.45) is 0. The summed E-state index contributed by atoms with van der Waals surface area (Å²) < 4.78 is 10.6. The summed E-state index contributed by atoms with van der Waals surface area (Å²) in [5.74, 6) is 1.97. The summed E-state index contributed by atoms with van der Waals surface area (Å²) in [7, 11) is 3.23. The first kappa shape index (κ1) is 24.1. The lowest BCUT2D eigenvalue weighted by atomic mass is 10.0. The molecule has 6 heteroatoms. The minimum atomic E-state index is -0.150. The van der Waals surface area contributed by atoms with Gasteiger partial charge >= 0.3 is 0 Å². The standard InChI is InChI=1S/C26H37N3O3/c1-19(2)23-9-6-21(7-10-23)18-28-12-14-29(15-13-28)20(3)26(30)27-17-22-8-11-24(31-4)25(16-22)32-5/h6-11,16,19-20H,12-15,17-18H2,1-5H3,(H,27,30). The lowest BCUT2D eigenvalue weighted by Crippen LogP contribution is -2.53. The van der Waals surface area contributed by atoms with Crippen molar-refractivity contribution in [2.45, 2.75) is 45.8 Å². The minimum Gasteiger partial charge on any atom is -0.493 e. The van der Waals surface area contributed by atoms with E-state index in [1.165, 1.54) is 11.1 Å². The normalized spacial score (nSPS) is 16.1. The predicted octanol–water partition coefficient (Wildman–Crippen LogP) is 3.65. The van der Waals surface area contributed by atoms with E-state index in [4.69, 9.17) is 9.47 Å². The summed E-state index contributed by atoms with van der Waals surface area (Å²) in [5, 5.41) is 3.06. The van der Waals surface area contributed by atoms with Crippen LogP contribution in [0.3, 0.4) is 0 Å². The molecule has 0 bridgehead atoms. The number of methoxy groups -OCH3 is 2. The molecule has 174 valence electrons. The number of hydrogen-bond acceptors (Lipinski definition) is 5. The number of ether oxygens (including phenoxy) is 2. The van der Waals surface area contributed by atoms with Gasteiger partial charge in [0.25, 0.3) is 0 Å². The Hall–Kier alpha value is -2.57. The van der Waals surface area contributed by atoms with E-state index in [0.717, 1.165) is 38.3 Å². The third-order valence-corrected chi connectivity index (χ3v) is 6.30. The second kappa shape index (κ2) is 11.3. The first-order valence-electron chi connectivity index (χ1n) is 11.4. The molecule has 0 spiro atoms. The molecule has 1 aliphatic heterocycles. The van der Waals surface area contributed by atoms with E-state index in [1.54, 1.807) is 14.2 Å². The highest BCUT2D eigenvalue weighted by atomic mass is 16.5. The largest absolute Gasteiger partial charge is 0.493 e. The Labute approximate surface area is 192 Å². The van der Waals surface area contributed by atoms with Crippen LogP contribution < -0.4 is 14.8 Å². The average molecular weight is 440 g/mol. The van der Waals surface area contributed by atoms with E-state index in [9.17, 15) is 4.79 Å². The van der Waals surface area contributed by atoms with Crippen LogP contribution in [0.5, 0.6) is 11.5 Å². The number of piperazine rings is 1. The highest BCUT2D eigenvalue weighted by Crippen LogP contribution is 2.27. The van der Waals surface area contributed by atoms with Gasteiger partial charge in [-0.05, 0) is 41.7 Å². The molecule has 2 aromatic carbocycles. The molecule has 1 atom stereocenters. The average Bonchev–Trinajstić information content (AvgIpc) is 2.82. The van der Waals surface area contributed by atoms with E-state index < -0.39 is 0 Å². The van der Waals surface area contributed by atoms with Gasteiger partial charge < -0.3 is 14.8 Å². The van der Waals surface area contributed by atoms with Gasteiger partial charge in [-0.2, -0.15) is 0 Å². The number of amides is 1. The van der Waals surface area contributed by atoms with Gasteiger partial charge in [0.15, 0.2) is 11.5 Å². The van der Waals surface area contributed by atoms with Crippen molar-refractivity contribution in [3.63, 3.8) is 0 Å². The lowest BCUT2D eigenvalue weighted by molar-refractivity contribution is -0.126. The van der Waals surface area contributed by atoms with Gasteiger partial charge in [0.1, 0.15) is 0 Å². The fourth-order valence-electron chi connectivity index (χ4n) is 4.07. The van der Waals surface area contributed by atoms with Crippen LogP contribution in [0.2, 0.25) is 0 Å². The van der Waals surface area contributed by atoms with Crippen molar-refractivity contribution in [3.05, 3.63) is 59.2 Å². The van der Waals surface area contributed by atoms with Gasteiger partial charge in [-0.15, -0.1) is 0 Å². The predicted molar refractivity (Wildman–Crippen MR) is 128 cm³/mol. The van der Waals surface area contributed by atoms with Crippen molar-refractivity contribution in [1.29, 1.82) is 0 Å². The molecule has 2 aromatic rings. The number of nitrogens with one attached hydrogen (secondary N) is 1. The van der Waals surface area contributed by atoms with E-state index in [2.05, 4.69) is 53.2 Å². The molecule has 6 nitrogen and oxygen atoms in total. The molecular weight excluding hydrogens is 402 g/mol. The summed E-state index contributed by atoms with van der Waals surface area (Å²) in [5.41, 5.74) is 3.71. The van der Waals surface area contributed by atoms with Crippen molar-refractivity contribution in [2.24, 2.45) is 0 Å². The Morgan fingerprint density at radius 3 is 2.12 bits per heavy atom. The highest BCUT2D eigenvalue weighted by molar-refractivity contribution is 5.81. The van der Waals surface area contributed by atoms with Crippen LogP contribution in [0.25, 0.3) is 0 Å². The molecule has 1 N–H and O–H groups in total. The summed E-state index contributed by atoms with van der Waals surface area (Å²) in [6.45, 7) is 11.6. The molecule has 1 saturated heterocycles. The second-order valence-corrected chi connectivity index (χ2v) is 8.79. The van der Waals surface area contributed by atoms with Crippen LogP contribution >= 0.6 is 0 Å². The van der Waals surface area contributed by atoms with E-state index in [1.807, 2.05) is 25.1 Å². The van der Waals surface area contributed by atoms with Crippen LogP contribution in [0.1, 0.15) is 43.4 Å². The first-order chi connectivity index (χ1) is 15.4. The van der Waals surface area contributed by atoms with Crippen LogP contribution in [0.15, 0.2) is 42.5 Å². The van der Waals surface area contributed by atoms with Gasteiger partial charge in [0.05, 0.1) is 20.3 Å². The second-order valence-electron chi connectivity index (χ2n) is 8.79. The number of carbonyl (C=O) groups excluding carboxylic acids is 1. The zero-order chi connectivity index (χ0) is 23.1. The zero-order valence-electron chi connectivity index (χ0n) is 20.1. The fourth-order valence-corrected chi connectivity index (χ4v) is 4.07. The third-order valence-electron chi connectivity index (χ3n) is 6.30. The Balaban J connectivity index is 1.45. The Bertz CT molecular complexity index is 874. The van der Waals surface area contributed by atoms with E-state index >= 15 is 0 Å². The molecule has 1 amide bonds. The SMILES string of the molecule is COc1ccc(CNC(=O)C(C)N2CCN(Cc3ccc(C(C)C)cc3)CC2)cc1OC. The van der Waals surface area contributed by atoms with Crippen LogP contribution in [-0.2, 0) is 17.9 Å². The molecule has 1 fully saturated rings. The first-order valence-corrected chi connectivity index (χ1v) is 11.4. The fraction of sp³-hybridized carbons (Fsp3) is 0.500. The van der Waals surface area contributed by atoms with Gasteiger partial charge in [0.2, 0.25) is 5.91 Å². The molecular formula is C26H37N3O3. The Morgan fingerprint density at radius 1 is 0.906 bits per heavy atom. The van der Waals surface area contributed by atoms with Crippen LogP contribution in [0, 0.1) is 0 Å². The maximum absolute atomic E-state index is 12.7. The van der Waals surface area contributed by atoms with E-state index in [0.29, 0.717) is 24.0 Å². The van der Waals surface area contributed by atoms with Crippen molar-refractivity contribution < 1.29 is 14.3 Å². The van der Waals surface area contributed by atoms with Crippen molar-refractivity contribution in [2.75, 3.05) is 40.4 Å². The quantitative estimate of drug-likeness (QED) is 0.646. The topological polar surface area (TPSA) is 54.0 Å². The molecule has 0 radical (unpaired) electrons. The maximum Gasteiger partial charge on any atom is 0.237 e. The van der Waals surface area contributed by atoms with Gasteiger partial charge in [-0.25, -0.2) is 0 Å². The minimum absolute atomic E-state index is 0.0532. The summed E-state index contributed by atoms with van der Waals surface area (Å²) in [4.78, 5) is 17.5. The summed E-state index contributed by atoms with van der Waals surface area (Å²) >= 11 is 0. The van der Waals surface area contributed by atoms with Crippen molar-refractivity contribution >= 4 is 5.91 Å². The van der Waals surface area contributed by atoms with Crippen molar-refractivity contribution in [3.8, 4) is 11.5 Å². The molecule has 0 aromatic heterocycles. The number of nitrogens with zero attached hydrogens (tertiary/aromatic N) is 2. The number of rotatable bonds is 9. The molecule has 1 aliphatic rings. The molecule has 0 saturated carbocycles. The molecule has 0 aliphatic carbocycles. The van der Waals surface area contributed by atoms with E-state index in [-0.39, 0.29) is 11.9 Å². The number of carbonyl (C=O) groups is 1. The molecule has 1 unspecified atom stereocenters. The Kier molecular flexibility index (Phi) is 8.53. The van der Waals surface area contributed by atoms with Gasteiger partial charge in [0, 0.05) is 39.3 Å². The molecule has 3 rings (SSSR count). The number of hydrogen-bond donors (Lipinski definition) is 1. The lowest BCUT2D eigenvalue weighted by Gasteiger charge is -2.37. The monoisotopic (exact) mass is 439 g/mol. The Morgan fingerprint density at radius 2 is 1.53 bits per heavy atom. The number of benzene rings is 2. The third kappa shape index (κ3) is 6.24. The zero-order valence-corrected chi connectivity index (χ0v) is 20.1. The van der Waals surface area contributed by atoms with Crippen LogP contribution in [-0.4, -0.2) is 62.1 Å². The van der Waals surface area contributed by atoms with Crippen LogP contribution in [0.4, 0.5) is 0 Å². The molecule has 32 heavy (non-hydrogen) atoms. The smallest absolute Gasteiger partial charge is 0.237 e. The molecule has 1 heterocycles. The summed E-state index contributed by atoms with van der Waals surface area (Å²) in [6, 6.07) is 14.5. The highest BCUT2D eigenvalue weighted by Gasteiger charge is 2.25.